The van der Waals surface area contributed by atoms with Crippen LogP contribution in [-0.4, -0.2) is 19.8 Å². The summed E-state index contributed by atoms with van der Waals surface area (Å²) in [6.07, 6.45) is 0. The van der Waals surface area contributed by atoms with Gasteiger partial charge in [-0.15, -0.1) is 0 Å². The summed E-state index contributed by atoms with van der Waals surface area (Å²) < 4.78 is 8.64. The summed E-state index contributed by atoms with van der Waals surface area (Å²) in [4.78, 5) is 12.3. The molecule has 0 bridgehead atoms. The quantitative estimate of drug-likeness (QED) is 0.505. The Balaban J connectivity index is 1.61. The average molecular weight is 400 g/mol. The molecule has 0 saturated heterocycles. The standard InChI is InChI=1S/C24H24N4O2/c1-16-7-5-9-19(13-16)20-11-12-21(18(3)14-20)15-30-23-17(2)8-6-10-22(23)28-24(29)27(4)25-26-28/h5-14H,15H2,1-4H3. The van der Waals surface area contributed by atoms with Crippen molar-refractivity contribution in [2.45, 2.75) is 27.4 Å². The second-order valence-electron chi connectivity index (χ2n) is 7.52. The zero-order valence-electron chi connectivity index (χ0n) is 17.6. The normalized spacial score (nSPS) is 10.9. The van der Waals surface area contributed by atoms with Gasteiger partial charge in [0.2, 0.25) is 0 Å². The lowest BCUT2D eigenvalue weighted by Gasteiger charge is -2.15. The van der Waals surface area contributed by atoms with Crippen molar-refractivity contribution in [2.75, 3.05) is 0 Å². The predicted molar refractivity (Wildman–Crippen MR) is 117 cm³/mol. The predicted octanol–water partition coefficient (Wildman–Crippen LogP) is 4.14. The van der Waals surface area contributed by atoms with Crippen LogP contribution in [0.1, 0.15) is 22.3 Å². The van der Waals surface area contributed by atoms with Crippen molar-refractivity contribution in [3.05, 3.63) is 93.4 Å². The average Bonchev–Trinajstić information content (AvgIpc) is 3.06. The van der Waals surface area contributed by atoms with Gasteiger partial charge in [-0.3, -0.25) is 0 Å². The zero-order chi connectivity index (χ0) is 21.3. The highest BCUT2D eigenvalue weighted by Crippen LogP contribution is 2.28. The molecule has 0 saturated carbocycles. The van der Waals surface area contributed by atoms with Gasteiger partial charge in [0.25, 0.3) is 0 Å². The summed E-state index contributed by atoms with van der Waals surface area (Å²) >= 11 is 0. The number of para-hydroxylation sites is 1. The molecule has 0 aliphatic rings. The number of ether oxygens (including phenoxy) is 1. The molecule has 4 rings (SSSR count). The molecule has 0 radical (unpaired) electrons. The van der Waals surface area contributed by atoms with Crippen LogP contribution in [0, 0.1) is 20.8 Å². The van der Waals surface area contributed by atoms with E-state index < -0.39 is 0 Å². The maximum atomic E-state index is 12.3. The summed E-state index contributed by atoms with van der Waals surface area (Å²) in [5.74, 6) is 0.627. The van der Waals surface area contributed by atoms with Gasteiger partial charge >= 0.3 is 5.69 Å². The molecule has 0 aliphatic carbocycles. The molecule has 1 aromatic heterocycles. The summed E-state index contributed by atoms with van der Waals surface area (Å²) in [6.45, 7) is 6.53. The first-order valence-corrected chi connectivity index (χ1v) is 9.82. The van der Waals surface area contributed by atoms with Gasteiger partial charge in [-0.05, 0) is 65.1 Å². The van der Waals surface area contributed by atoms with Crippen molar-refractivity contribution < 1.29 is 4.74 Å². The first-order chi connectivity index (χ1) is 14.4. The molecule has 4 aromatic rings. The monoisotopic (exact) mass is 400 g/mol. The Morgan fingerprint density at radius 3 is 2.33 bits per heavy atom. The van der Waals surface area contributed by atoms with Gasteiger partial charge in [0.1, 0.15) is 18.0 Å². The number of tetrazole rings is 1. The number of rotatable bonds is 5. The van der Waals surface area contributed by atoms with Crippen LogP contribution in [0.5, 0.6) is 5.75 Å². The molecule has 1 heterocycles. The maximum Gasteiger partial charge on any atom is 0.368 e. The molecule has 0 atom stereocenters. The van der Waals surface area contributed by atoms with Crippen LogP contribution in [0.3, 0.4) is 0 Å². The highest BCUT2D eigenvalue weighted by molar-refractivity contribution is 5.65. The maximum absolute atomic E-state index is 12.3. The van der Waals surface area contributed by atoms with Crippen LogP contribution in [0.4, 0.5) is 0 Å². The van der Waals surface area contributed by atoms with E-state index in [1.807, 2.05) is 25.1 Å². The van der Waals surface area contributed by atoms with Crippen molar-refractivity contribution in [1.82, 2.24) is 19.8 Å². The zero-order valence-corrected chi connectivity index (χ0v) is 17.6. The minimum Gasteiger partial charge on any atom is -0.486 e. The van der Waals surface area contributed by atoms with Crippen molar-refractivity contribution in [2.24, 2.45) is 7.05 Å². The number of aromatic nitrogens is 4. The van der Waals surface area contributed by atoms with Crippen LogP contribution in [0.15, 0.2) is 65.5 Å². The topological polar surface area (TPSA) is 61.9 Å². The van der Waals surface area contributed by atoms with Gasteiger partial charge < -0.3 is 4.74 Å². The van der Waals surface area contributed by atoms with E-state index in [1.54, 1.807) is 7.05 Å². The Kier molecular flexibility index (Phi) is 5.23. The van der Waals surface area contributed by atoms with E-state index in [0.717, 1.165) is 16.7 Å². The molecule has 0 amide bonds. The van der Waals surface area contributed by atoms with Crippen LogP contribution < -0.4 is 10.4 Å². The van der Waals surface area contributed by atoms with Crippen LogP contribution in [0.2, 0.25) is 0 Å². The number of hydrogen-bond acceptors (Lipinski definition) is 4. The van der Waals surface area contributed by atoms with E-state index in [9.17, 15) is 4.79 Å². The number of benzene rings is 3. The summed E-state index contributed by atoms with van der Waals surface area (Å²) in [5, 5.41) is 7.75. The number of hydrogen-bond donors (Lipinski definition) is 0. The van der Waals surface area contributed by atoms with Crippen LogP contribution in [0.25, 0.3) is 16.8 Å². The van der Waals surface area contributed by atoms with E-state index in [2.05, 4.69) is 66.7 Å². The first-order valence-electron chi connectivity index (χ1n) is 9.82. The van der Waals surface area contributed by atoms with Crippen LogP contribution >= 0.6 is 0 Å². The number of aryl methyl sites for hydroxylation is 4. The highest BCUT2D eigenvalue weighted by atomic mass is 16.5. The molecule has 0 unspecified atom stereocenters. The molecule has 152 valence electrons. The molecule has 0 N–H and O–H groups in total. The third kappa shape index (κ3) is 3.76. The van der Waals surface area contributed by atoms with Crippen molar-refractivity contribution in [1.29, 1.82) is 0 Å². The summed E-state index contributed by atoms with van der Waals surface area (Å²) in [6, 6.07) is 20.5. The van der Waals surface area contributed by atoms with Gasteiger partial charge in [-0.1, -0.05) is 60.2 Å². The van der Waals surface area contributed by atoms with E-state index in [-0.39, 0.29) is 5.69 Å². The largest absolute Gasteiger partial charge is 0.486 e. The second-order valence-corrected chi connectivity index (χ2v) is 7.52. The summed E-state index contributed by atoms with van der Waals surface area (Å²) in [5.41, 5.74) is 7.07. The lowest BCUT2D eigenvalue weighted by molar-refractivity contribution is 0.301. The SMILES string of the molecule is Cc1cccc(-c2ccc(COc3c(C)cccc3-n3nnn(C)c3=O)c(C)c2)c1. The molecular weight excluding hydrogens is 376 g/mol. The van der Waals surface area contributed by atoms with Gasteiger partial charge in [0.15, 0.2) is 0 Å². The number of nitrogens with zero attached hydrogens (tertiary/aromatic N) is 4. The molecule has 0 fully saturated rings. The second kappa shape index (κ2) is 7.99. The van der Waals surface area contributed by atoms with Gasteiger partial charge in [-0.25, -0.2) is 4.79 Å². The smallest absolute Gasteiger partial charge is 0.368 e. The van der Waals surface area contributed by atoms with Gasteiger partial charge in [0, 0.05) is 7.05 Å². The minimum atomic E-state index is -0.316. The minimum absolute atomic E-state index is 0.316. The van der Waals surface area contributed by atoms with E-state index >= 15 is 0 Å². The Labute approximate surface area is 175 Å². The Morgan fingerprint density at radius 1 is 0.867 bits per heavy atom. The van der Waals surface area contributed by atoms with E-state index in [4.69, 9.17) is 4.74 Å². The Bertz CT molecular complexity index is 1270. The summed E-state index contributed by atoms with van der Waals surface area (Å²) in [7, 11) is 1.57. The lowest BCUT2D eigenvalue weighted by atomic mass is 9.99. The lowest BCUT2D eigenvalue weighted by Crippen LogP contribution is -2.22. The molecule has 0 aliphatic heterocycles. The molecule has 0 spiro atoms. The van der Waals surface area contributed by atoms with E-state index in [0.29, 0.717) is 18.0 Å². The van der Waals surface area contributed by atoms with Crippen LogP contribution in [-0.2, 0) is 13.7 Å². The molecule has 3 aromatic carbocycles. The van der Waals surface area contributed by atoms with Crippen molar-refractivity contribution >= 4 is 0 Å². The molecule has 6 heteroatoms. The Hall–Kier alpha value is -3.67. The fraction of sp³-hybridized carbons (Fsp3) is 0.208. The third-order valence-corrected chi connectivity index (χ3v) is 5.21. The van der Waals surface area contributed by atoms with Gasteiger partial charge in [-0.2, -0.15) is 9.36 Å². The molecule has 30 heavy (non-hydrogen) atoms. The highest BCUT2D eigenvalue weighted by Gasteiger charge is 2.15. The third-order valence-electron chi connectivity index (χ3n) is 5.21. The van der Waals surface area contributed by atoms with Gasteiger partial charge in [0.05, 0.1) is 0 Å². The Morgan fingerprint density at radius 2 is 1.63 bits per heavy atom. The first kappa shape index (κ1) is 19.6. The van der Waals surface area contributed by atoms with E-state index in [1.165, 1.54) is 26.1 Å². The van der Waals surface area contributed by atoms with Crippen molar-refractivity contribution in [3.8, 4) is 22.6 Å². The molecule has 6 nitrogen and oxygen atoms in total. The fourth-order valence-corrected chi connectivity index (χ4v) is 3.47. The van der Waals surface area contributed by atoms with Crippen molar-refractivity contribution in [3.63, 3.8) is 0 Å². The molecular formula is C24H24N4O2. The fourth-order valence-electron chi connectivity index (χ4n) is 3.47.